The van der Waals surface area contributed by atoms with Crippen molar-refractivity contribution >= 4 is 34.0 Å². The first kappa shape index (κ1) is 33.9. The van der Waals surface area contributed by atoms with Crippen LogP contribution in [0.15, 0.2) is 42.5 Å². The number of hydrogen-bond donors (Lipinski definition) is 0. The van der Waals surface area contributed by atoms with E-state index in [2.05, 4.69) is 4.90 Å². The summed E-state index contributed by atoms with van der Waals surface area (Å²) in [6, 6.07) is 5.36. The molecule has 0 radical (unpaired) electrons. The summed E-state index contributed by atoms with van der Waals surface area (Å²) in [5.74, 6) is -0.709. The van der Waals surface area contributed by atoms with E-state index in [4.69, 9.17) is 0 Å². The molecule has 0 aliphatic carbocycles. The Morgan fingerprint density at radius 2 is 1.40 bits per heavy atom. The molecule has 2 aromatic carbocycles. The highest BCUT2D eigenvalue weighted by Crippen LogP contribution is 2.39. The van der Waals surface area contributed by atoms with Crippen LogP contribution in [0.25, 0.3) is 0 Å². The molecule has 2 aliphatic rings. The second-order valence-electron chi connectivity index (χ2n) is 10.6. The van der Waals surface area contributed by atoms with Crippen molar-refractivity contribution < 1.29 is 43.9 Å². The Labute approximate surface area is 245 Å². The lowest BCUT2D eigenvalue weighted by Gasteiger charge is -2.46. The van der Waals surface area contributed by atoms with Crippen LogP contribution in [-0.4, -0.2) is 75.0 Å². The zero-order valence-corrected chi connectivity index (χ0v) is 24.4. The van der Waals surface area contributed by atoms with Crippen molar-refractivity contribution in [3.8, 4) is 0 Å². The first-order valence-electron chi connectivity index (χ1n) is 13.0. The Balaban J connectivity index is 0.00000484. The maximum Gasteiger partial charge on any atom is 0.416 e. The van der Waals surface area contributed by atoms with E-state index in [1.807, 2.05) is 0 Å². The van der Waals surface area contributed by atoms with Crippen LogP contribution in [0, 0.1) is 5.82 Å². The topological polar surface area (TPSA) is 60.9 Å². The normalized spacial score (nSPS) is 21.8. The van der Waals surface area contributed by atoms with Crippen molar-refractivity contribution in [2.45, 2.75) is 49.6 Å². The molecule has 0 bridgehead atoms. The van der Waals surface area contributed by atoms with Crippen molar-refractivity contribution in [1.82, 2.24) is 9.80 Å². The fourth-order valence-electron chi connectivity index (χ4n) is 5.66. The smallest absolute Gasteiger partial charge is 0.324 e. The largest absolute Gasteiger partial charge is 0.416 e. The van der Waals surface area contributed by atoms with Gasteiger partial charge < -0.3 is 4.90 Å². The number of nitrogens with zero attached hydrogens (tertiary/aromatic N) is 3. The minimum atomic E-state index is -5.06. The fourth-order valence-corrected chi connectivity index (χ4v) is 7.13. The minimum absolute atomic E-state index is 0. The van der Waals surface area contributed by atoms with Gasteiger partial charge in [0.25, 0.3) is 0 Å². The van der Waals surface area contributed by atoms with Gasteiger partial charge in [-0.2, -0.15) is 26.3 Å². The number of alkyl halides is 6. The molecule has 0 aromatic heterocycles. The average molecular weight is 646 g/mol. The van der Waals surface area contributed by atoms with Crippen LogP contribution in [0.2, 0.25) is 0 Å². The van der Waals surface area contributed by atoms with E-state index in [0.29, 0.717) is 50.0 Å². The second kappa shape index (κ2) is 12.6. The molecule has 4 rings (SSSR count). The number of anilines is 1. The summed E-state index contributed by atoms with van der Waals surface area (Å²) in [5.41, 5.74) is -2.93. The van der Waals surface area contributed by atoms with E-state index in [-0.39, 0.29) is 41.9 Å². The maximum atomic E-state index is 13.7. The number of benzene rings is 2. The standard InChI is InChI=1S/C27H30F7N3O3S.ClH/c1-35(22-14-18(26(29,30)31)13-19(15-22)27(32,33)34)25(38)36(2)24-7-10-37(21-8-11-41(39,40)12-9-21)16-23(24)17-3-5-20(28)6-4-17;/h3-6,13-15,21,23-24H,7-12,16H2,1-2H3;1H/t23-,24+;/m0./s1. The van der Waals surface area contributed by atoms with E-state index in [1.54, 1.807) is 12.1 Å². The molecular weight excluding hydrogens is 615 g/mol. The molecule has 0 spiro atoms. The van der Waals surface area contributed by atoms with Crippen molar-refractivity contribution in [1.29, 1.82) is 0 Å². The van der Waals surface area contributed by atoms with E-state index in [1.165, 1.54) is 24.1 Å². The number of carbonyl (C=O) groups is 1. The number of piperidine rings is 1. The molecule has 2 aromatic rings. The van der Waals surface area contributed by atoms with E-state index >= 15 is 0 Å². The SMILES string of the molecule is CN(C(=O)N(C)[C@@H]1CCN(C2CCS(=O)(=O)CC2)C[C@H]1c1ccc(F)cc1)c1cc(C(F)(F)F)cc(C(F)(F)F)c1.Cl. The van der Waals surface area contributed by atoms with E-state index < -0.39 is 56.9 Å². The molecule has 2 heterocycles. The summed E-state index contributed by atoms with van der Waals surface area (Å²) >= 11 is 0. The molecule has 2 atom stereocenters. The molecule has 2 amide bonds. The lowest BCUT2D eigenvalue weighted by molar-refractivity contribution is -0.143. The van der Waals surface area contributed by atoms with E-state index in [9.17, 15) is 43.9 Å². The summed E-state index contributed by atoms with van der Waals surface area (Å²) < 4.78 is 118. The van der Waals surface area contributed by atoms with Crippen molar-refractivity contribution in [3.63, 3.8) is 0 Å². The van der Waals surface area contributed by atoms with Crippen molar-refractivity contribution in [2.24, 2.45) is 0 Å². The molecule has 42 heavy (non-hydrogen) atoms. The Hall–Kier alpha value is -2.58. The molecule has 0 N–H and O–H groups in total. The van der Waals surface area contributed by atoms with Crippen LogP contribution in [0.5, 0.6) is 0 Å². The van der Waals surface area contributed by atoms with E-state index in [0.717, 1.165) is 11.9 Å². The zero-order chi connectivity index (χ0) is 30.3. The number of urea groups is 1. The van der Waals surface area contributed by atoms with Crippen molar-refractivity contribution in [3.05, 3.63) is 65.0 Å². The molecule has 234 valence electrons. The molecule has 0 saturated carbocycles. The van der Waals surface area contributed by atoms with Gasteiger partial charge in [0.05, 0.1) is 22.6 Å². The van der Waals surface area contributed by atoms with Crippen LogP contribution in [0.4, 0.5) is 41.2 Å². The van der Waals surface area contributed by atoms with Gasteiger partial charge in [-0.15, -0.1) is 12.4 Å². The first-order chi connectivity index (χ1) is 19.0. The van der Waals surface area contributed by atoms with Crippen LogP contribution in [-0.2, 0) is 22.2 Å². The number of sulfone groups is 1. The number of amides is 2. The summed E-state index contributed by atoms with van der Waals surface area (Å²) in [6.45, 7) is 0.903. The highest BCUT2D eigenvalue weighted by atomic mass is 35.5. The van der Waals surface area contributed by atoms with Gasteiger partial charge in [-0.05, 0) is 55.2 Å². The summed E-state index contributed by atoms with van der Waals surface area (Å²) in [4.78, 5) is 17.7. The number of rotatable bonds is 4. The van der Waals surface area contributed by atoms with Gasteiger partial charge in [0.15, 0.2) is 0 Å². The van der Waals surface area contributed by atoms with Gasteiger partial charge in [0.2, 0.25) is 0 Å². The van der Waals surface area contributed by atoms with Crippen LogP contribution in [0.1, 0.15) is 41.9 Å². The molecule has 15 heteroatoms. The Morgan fingerprint density at radius 1 is 0.881 bits per heavy atom. The molecule has 0 unspecified atom stereocenters. The number of likely N-dealkylation sites (N-methyl/N-ethyl adjacent to an activating group) is 1. The Kier molecular flexibility index (Phi) is 10.2. The van der Waals surface area contributed by atoms with Crippen molar-refractivity contribution in [2.75, 3.05) is 43.6 Å². The van der Waals surface area contributed by atoms with Gasteiger partial charge in [0, 0.05) is 50.9 Å². The second-order valence-corrected chi connectivity index (χ2v) is 12.9. The lowest BCUT2D eigenvalue weighted by Crippen LogP contribution is -2.55. The highest BCUT2D eigenvalue weighted by molar-refractivity contribution is 7.91. The molecule has 6 nitrogen and oxygen atoms in total. The third kappa shape index (κ3) is 7.67. The van der Waals surface area contributed by atoms with Gasteiger partial charge >= 0.3 is 18.4 Å². The quantitative estimate of drug-likeness (QED) is 0.371. The van der Waals surface area contributed by atoms with Crippen LogP contribution < -0.4 is 4.90 Å². The highest BCUT2D eigenvalue weighted by Gasteiger charge is 2.41. The van der Waals surface area contributed by atoms with Gasteiger partial charge in [-0.1, -0.05) is 12.1 Å². The average Bonchev–Trinajstić information content (AvgIpc) is 2.90. The number of halogens is 8. The lowest BCUT2D eigenvalue weighted by atomic mass is 9.84. The number of likely N-dealkylation sites (tertiary alicyclic amines) is 1. The molecule has 2 saturated heterocycles. The maximum absolute atomic E-state index is 13.7. The Morgan fingerprint density at radius 3 is 1.90 bits per heavy atom. The Bertz CT molecular complexity index is 1320. The molecule has 2 aliphatic heterocycles. The zero-order valence-electron chi connectivity index (χ0n) is 22.8. The van der Waals surface area contributed by atoms with Crippen LogP contribution >= 0.6 is 12.4 Å². The third-order valence-corrected chi connectivity index (χ3v) is 9.71. The fraction of sp³-hybridized carbons (Fsp3) is 0.519. The van der Waals surface area contributed by atoms with Gasteiger partial charge in [0.1, 0.15) is 15.7 Å². The number of hydrogen-bond acceptors (Lipinski definition) is 4. The monoisotopic (exact) mass is 645 g/mol. The molecule has 2 fully saturated rings. The number of carbonyl (C=O) groups excluding carboxylic acids is 1. The van der Waals surface area contributed by atoms with Crippen LogP contribution in [0.3, 0.4) is 0 Å². The van der Waals surface area contributed by atoms with Gasteiger partial charge in [-0.25, -0.2) is 17.6 Å². The minimum Gasteiger partial charge on any atom is -0.324 e. The predicted octanol–water partition coefficient (Wildman–Crippen LogP) is 6.21. The summed E-state index contributed by atoms with van der Waals surface area (Å²) in [7, 11) is -0.547. The first-order valence-corrected chi connectivity index (χ1v) is 14.8. The molecular formula is C27H31ClF7N3O3S. The van der Waals surface area contributed by atoms with Gasteiger partial charge in [-0.3, -0.25) is 9.80 Å². The predicted molar refractivity (Wildman–Crippen MR) is 146 cm³/mol. The summed E-state index contributed by atoms with van der Waals surface area (Å²) in [5, 5.41) is 0. The summed E-state index contributed by atoms with van der Waals surface area (Å²) in [6.07, 6.45) is -8.82. The third-order valence-electron chi connectivity index (χ3n) is 7.99.